The van der Waals surface area contributed by atoms with E-state index in [0.717, 1.165) is 12.0 Å². The second-order valence-electron chi connectivity index (χ2n) is 4.64. The van der Waals surface area contributed by atoms with Crippen LogP contribution in [0.5, 0.6) is 5.88 Å². The summed E-state index contributed by atoms with van der Waals surface area (Å²) in [5.74, 6) is 0.0432. The minimum absolute atomic E-state index is 0.204. The molecule has 0 aliphatic carbocycles. The summed E-state index contributed by atoms with van der Waals surface area (Å²) in [7, 11) is 1.47. The van der Waals surface area contributed by atoms with Crippen LogP contribution in [0.3, 0.4) is 0 Å². The first-order valence-electron chi connectivity index (χ1n) is 6.65. The molecule has 0 saturated carbocycles. The lowest BCUT2D eigenvalue weighted by molar-refractivity contribution is 0.0949. The van der Waals surface area contributed by atoms with Gasteiger partial charge in [0.15, 0.2) is 0 Å². The number of carbonyl (C=O) groups is 1. The second kappa shape index (κ2) is 7.09. The lowest BCUT2D eigenvalue weighted by Crippen LogP contribution is -2.27. The molecule has 0 unspecified atom stereocenters. The van der Waals surface area contributed by atoms with E-state index < -0.39 is 0 Å². The number of hydrogen-bond acceptors (Lipinski definition) is 3. The molecule has 0 fully saturated rings. The Kier molecular flexibility index (Phi) is 5.17. The fraction of sp³-hybridized carbons (Fsp3) is 0.250. The van der Waals surface area contributed by atoms with Crippen LogP contribution >= 0.6 is 11.6 Å². The molecule has 0 aliphatic heterocycles. The summed E-state index contributed by atoms with van der Waals surface area (Å²) < 4.78 is 5.14. The zero-order valence-corrected chi connectivity index (χ0v) is 12.8. The van der Waals surface area contributed by atoms with E-state index in [-0.39, 0.29) is 11.8 Å². The molecule has 1 amide bonds. The van der Waals surface area contributed by atoms with Crippen LogP contribution in [0.25, 0.3) is 0 Å². The molecule has 0 radical (unpaired) electrons. The molecule has 0 atom stereocenters. The highest BCUT2D eigenvalue weighted by atomic mass is 35.5. The van der Waals surface area contributed by atoms with Crippen molar-refractivity contribution in [2.24, 2.45) is 0 Å². The number of benzene rings is 1. The molecule has 1 N–H and O–H groups in total. The summed E-state index contributed by atoms with van der Waals surface area (Å²) in [5.41, 5.74) is 2.34. The van der Waals surface area contributed by atoms with Crippen molar-refractivity contribution in [3.05, 3.63) is 58.2 Å². The van der Waals surface area contributed by atoms with E-state index in [9.17, 15) is 4.79 Å². The smallest absolute Gasteiger partial charge is 0.257 e. The number of ether oxygens (including phenoxy) is 1. The predicted molar refractivity (Wildman–Crippen MR) is 83.0 cm³/mol. The molecule has 1 aromatic heterocycles. The van der Waals surface area contributed by atoms with Gasteiger partial charge >= 0.3 is 0 Å². The van der Waals surface area contributed by atoms with Gasteiger partial charge < -0.3 is 10.1 Å². The van der Waals surface area contributed by atoms with Gasteiger partial charge in [0, 0.05) is 6.54 Å². The van der Waals surface area contributed by atoms with Crippen molar-refractivity contribution < 1.29 is 9.53 Å². The number of nitrogens with one attached hydrogen (secondary N) is 1. The van der Waals surface area contributed by atoms with Crippen LogP contribution in [-0.4, -0.2) is 24.5 Å². The summed E-state index contributed by atoms with van der Waals surface area (Å²) in [4.78, 5) is 16.3. The quantitative estimate of drug-likeness (QED) is 0.864. The molecular weight excluding hydrogens is 288 g/mol. The number of halogens is 1. The maximum absolute atomic E-state index is 12.3. The van der Waals surface area contributed by atoms with Crippen molar-refractivity contribution in [1.82, 2.24) is 10.3 Å². The fourth-order valence-corrected chi connectivity index (χ4v) is 2.32. The Morgan fingerprint density at radius 2 is 2.05 bits per heavy atom. The van der Waals surface area contributed by atoms with Gasteiger partial charge in [-0.2, -0.15) is 0 Å². The van der Waals surface area contributed by atoms with Crippen LogP contribution in [0.4, 0.5) is 0 Å². The average molecular weight is 305 g/mol. The van der Waals surface area contributed by atoms with Crippen molar-refractivity contribution in [2.45, 2.75) is 13.3 Å². The van der Waals surface area contributed by atoms with Crippen molar-refractivity contribution in [3.63, 3.8) is 0 Å². The number of aromatic nitrogens is 1. The molecule has 0 saturated heterocycles. The molecule has 21 heavy (non-hydrogen) atoms. The van der Waals surface area contributed by atoms with Gasteiger partial charge in [-0.25, -0.2) is 4.98 Å². The van der Waals surface area contributed by atoms with Gasteiger partial charge in [-0.1, -0.05) is 41.9 Å². The van der Waals surface area contributed by atoms with Gasteiger partial charge in [0.05, 0.1) is 7.11 Å². The Morgan fingerprint density at radius 1 is 1.33 bits per heavy atom. The van der Waals surface area contributed by atoms with E-state index in [1.54, 1.807) is 6.07 Å². The molecule has 4 nitrogen and oxygen atoms in total. The van der Waals surface area contributed by atoms with E-state index in [1.807, 2.05) is 37.3 Å². The third-order valence-corrected chi connectivity index (χ3v) is 3.31. The minimum atomic E-state index is -0.204. The third-order valence-electron chi connectivity index (χ3n) is 3.11. The van der Waals surface area contributed by atoms with Crippen molar-refractivity contribution >= 4 is 17.5 Å². The van der Waals surface area contributed by atoms with E-state index in [2.05, 4.69) is 10.3 Å². The molecule has 1 aromatic carbocycles. The van der Waals surface area contributed by atoms with Crippen LogP contribution in [0.2, 0.25) is 5.15 Å². The van der Waals surface area contributed by atoms with Crippen molar-refractivity contribution in [3.8, 4) is 5.88 Å². The summed E-state index contributed by atoms with van der Waals surface area (Å²) >= 11 is 5.87. The molecule has 0 bridgehead atoms. The Bertz CT molecular complexity index is 630. The SMILES string of the molecule is COc1nc(Cl)cc(C)c1C(=O)NCCc1ccccc1. The molecule has 0 aliphatic rings. The molecular formula is C16H17ClN2O2. The molecule has 2 rings (SSSR count). The van der Waals surface area contributed by atoms with E-state index in [1.165, 1.54) is 12.7 Å². The fourth-order valence-electron chi connectivity index (χ4n) is 2.08. The first-order valence-corrected chi connectivity index (χ1v) is 7.03. The average Bonchev–Trinajstić information content (AvgIpc) is 2.47. The van der Waals surface area contributed by atoms with Crippen LogP contribution in [0.1, 0.15) is 21.5 Å². The lowest BCUT2D eigenvalue weighted by atomic mass is 10.1. The number of nitrogens with zero attached hydrogens (tertiary/aromatic N) is 1. The Hall–Kier alpha value is -2.07. The summed E-state index contributed by atoms with van der Waals surface area (Å²) in [6.45, 7) is 2.36. The van der Waals surface area contributed by atoms with Crippen molar-refractivity contribution in [2.75, 3.05) is 13.7 Å². The minimum Gasteiger partial charge on any atom is -0.480 e. The number of methoxy groups -OCH3 is 1. The van der Waals surface area contributed by atoms with Gasteiger partial charge in [0.1, 0.15) is 10.7 Å². The summed E-state index contributed by atoms with van der Waals surface area (Å²) in [5, 5.41) is 3.19. The molecule has 110 valence electrons. The van der Waals surface area contributed by atoms with Gasteiger partial charge in [-0.15, -0.1) is 0 Å². The number of amides is 1. The predicted octanol–water partition coefficient (Wildman–Crippen LogP) is 3.02. The lowest BCUT2D eigenvalue weighted by Gasteiger charge is -2.11. The van der Waals surface area contributed by atoms with Crippen molar-refractivity contribution in [1.29, 1.82) is 0 Å². The first-order chi connectivity index (χ1) is 10.1. The van der Waals surface area contributed by atoms with Crippen LogP contribution in [0.15, 0.2) is 36.4 Å². The van der Waals surface area contributed by atoms with E-state index in [0.29, 0.717) is 17.3 Å². The standard InChI is InChI=1S/C16H17ClN2O2/c1-11-10-13(17)19-16(21-2)14(11)15(20)18-9-8-12-6-4-3-5-7-12/h3-7,10H,8-9H2,1-2H3,(H,18,20). The maximum atomic E-state index is 12.3. The monoisotopic (exact) mass is 304 g/mol. The van der Waals surface area contributed by atoms with Gasteiger partial charge in [0.2, 0.25) is 5.88 Å². The maximum Gasteiger partial charge on any atom is 0.257 e. The zero-order chi connectivity index (χ0) is 15.2. The van der Waals surface area contributed by atoms with E-state index >= 15 is 0 Å². The number of pyridine rings is 1. The molecule has 5 heteroatoms. The Labute approximate surface area is 129 Å². The van der Waals surface area contributed by atoms with Crippen LogP contribution < -0.4 is 10.1 Å². The third kappa shape index (κ3) is 3.95. The Balaban J connectivity index is 2.04. The van der Waals surface area contributed by atoms with E-state index in [4.69, 9.17) is 16.3 Å². The highest BCUT2D eigenvalue weighted by molar-refractivity contribution is 6.29. The zero-order valence-electron chi connectivity index (χ0n) is 12.0. The number of hydrogen-bond donors (Lipinski definition) is 1. The van der Waals surface area contributed by atoms with Crippen LogP contribution in [-0.2, 0) is 6.42 Å². The van der Waals surface area contributed by atoms with Crippen LogP contribution in [0, 0.1) is 6.92 Å². The largest absolute Gasteiger partial charge is 0.480 e. The Morgan fingerprint density at radius 3 is 2.71 bits per heavy atom. The number of carbonyl (C=O) groups excluding carboxylic acids is 1. The highest BCUT2D eigenvalue weighted by Crippen LogP contribution is 2.22. The number of rotatable bonds is 5. The van der Waals surface area contributed by atoms with Gasteiger partial charge in [-0.3, -0.25) is 4.79 Å². The highest BCUT2D eigenvalue weighted by Gasteiger charge is 2.17. The summed E-state index contributed by atoms with van der Waals surface area (Å²) in [6.07, 6.45) is 0.773. The molecule has 0 spiro atoms. The molecule has 1 heterocycles. The van der Waals surface area contributed by atoms with Gasteiger partial charge in [-0.05, 0) is 30.5 Å². The van der Waals surface area contributed by atoms with Gasteiger partial charge in [0.25, 0.3) is 5.91 Å². The summed E-state index contributed by atoms with van der Waals surface area (Å²) in [6, 6.07) is 11.6. The second-order valence-corrected chi connectivity index (χ2v) is 5.02. The topological polar surface area (TPSA) is 51.2 Å². The first kappa shape index (κ1) is 15.3. The number of aryl methyl sites for hydroxylation is 1. The molecule has 2 aromatic rings. The normalized spacial score (nSPS) is 10.2.